The first kappa shape index (κ1) is 18.9. The smallest absolute Gasteiger partial charge is 0.273 e. The van der Waals surface area contributed by atoms with Crippen molar-refractivity contribution in [2.24, 2.45) is 5.14 Å². The number of hydrogen-bond acceptors (Lipinski definition) is 6. The molecule has 1 aromatic heterocycles. The van der Waals surface area contributed by atoms with E-state index in [1.54, 1.807) is 18.2 Å². The van der Waals surface area contributed by atoms with E-state index < -0.39 is 0 Å². The Bertz CT molecular complexity index is 716. The molecule has 2 heterocycles. The molecule has 0 unspecified atom stereocenters. The molecule has 1 saturated heterocycles. The Labute approximate surface area is 156 Å². The van der Waals surface area contributed by atoms with Gasteiger partial charge in [0.05, 0.1) is 0 Å². The van der Waals surface area contributed by atoms with Crippen molar-refractivity contribution in [2.75, 3.05) is 26.2 Å². The predicted octanol–water partition coefficient (Wildman–Crippen LogP) is 2.67. The van der Waals surface area contributed by atoms with Crippen molar-refractivity contribution in [3.8, 4) is 11.3 Å². The third-order valence-corrected chi connectivity index (χ3v) is 5.11. The van der Waals surface area contributed by atoms with Crippen LogP contribution in [0.25, 0.3) is 11.3 Å². The number of halogens is 1. The van der Waals surface area contributed by atoms with Crippen LogP contribution in [0.3, 0.4) is 0 Å². The summed E-state index contributed by atoms with van der Waals surface area (Å²) in [5.41, 5.74) is 0.912. The van der Waals surface area contributed by atoms with Crippen LogP contribution < -0.4 is 10.5 Å². The van der Waals surface area contributed by atoms with E-state index in [1.165, 1.54) is 24.1 Å². The highest BCUT2D eigenvalue weighted by molar-refractivity contribution is 7.97. The molecule has 3 N–H and O–H groups in total. The van der Waals surface area contributed by atoms with Crippen molar-refractivity contribution in [3.05, 3.63) is 41.8 Å². The number of amides is 1. The third-order valence-electron chi connectivity index (χ3n) is 4.42. The molecule has 1 aliphatic heterocycles. The molecule has 2 aromatic rings. The molecule has 0 bridgehead atoms. The van der Waals surface area contributed by atoms with Gasteiger partial charge >= 0.3 is 0 Å². The number of carbonyl (C=O) groups is 1. The summed E-state index contributed by atoms with van der Waals surface area (Å²) in [6.45, 7) is 3.87. The summed E-state index contributed by atoms with van der Waals surface area (Å²) >= 11 is 1.45. The fourth-order valence-electron chi connectivity index (χ4n) is 2.85. The summed E-state index contributed by atoms with van der Waals surface area (Å²) in [6.07, 6.45) is 3.12. The number of hydrogen-bond donors (Lipinski definition) is 2. The Balaban J connectivity index is 1.33. The first-order valence-electron chi connectivity index (χ1n) is 8.74. The van der Waals surface area contributed by atoms with Crippen molar-refractivity contribution in [3.63, 3.8) is 0 Å². The molecule has 8 heteroatoms. The lowest BCUT2D eigenvalue weighted by atomic mass is 10.1. The summed E-state index contributed by atoms with van der Waals surface area (Å²) in [7, 11) is 0. The van der Waals surface area contributed by atoms with Gasteiger partial charge in [0.15, 0.2) is 11.5 Å². The lowest BCUT2D eigenvalue weighted by Crippen LogP contribution is -2.49. The zero-order valence-corrected chi connectivity index (χ0v) is 15.3. The van der Waals surface area contributed by atoms with E-state index in [9.17, 15) is 9.18 Å². The van der Waals surface area contributed by atoms with Crippen molar-refractivity contribution < 1.29 is 13.7 Å². The molecule has 1 aromatic carbocycles. The molecule has 1 amide bonds. The monoisotopic (exact) mass is 378 g/mol. The second-order valence-corrected chi connectivity index (χ2v) is 7.36. The molecule has 6 nitrogen and oxygen atoms in total. The Hall–Kier alpha value is -1.90. The average Bonchev–Trinajstić information content (AvgIpc) is 3.10. The number of benzene rings is 1. The highest BCUT2D eigenvalue weighted by atomic mass is 32.2. The highest BCUT2D eigenvalue weighted by Gasteiger charge is 2.25. The number of nitrogens with zero attached hydrogens (tertiary/aromatic N) is 2. The summed E-state index contributed by atoms with van der Waals surface area (Å²) in [5, 5.41) is 12.8. The molecule has 140 valence electrons. The number of nitrogens with one attached hydrogen (secondary N) is 1. The van der Waals surface area contributed by atoms with Gasteiger partial charge in [-0.2, -0.15) is 0 Å². The normalized spacial score (nSPS) is 15.0. The molecule has 0 radical (unpaired) electrons. The van der Waals surface area contributed by atoms with Crippen LogP contribution in [-0.2, 0) is 0 Å². The van der Waals surface area contributed by atoms with E-state index in [2.05, 4.69) is 15.4 Å². The largest absolute Gasteiger partial charge is 0.355 e. The Morgan fingerprint density at radius 1 is 1.31 bits per heavy atom. The van der Waals surface area contributed by atoms with Gasteiger partial charge in [-0.1, -0.05) is 23.5 Å². The SMILES string of the molecule is NSC1CN(CCCCCNC(=O)c2cc(-c3ccc(F)cc3)on2)C1. The van der Waals surface area contributed by atoms with Crippen molar-refractivity contribution in [1.29, 1.82) is 0 Å². The molecule has 0 spiro atoms. The van der Waals surface area contributed by atoms with E-state index in [0.717, 1.165) is 38.9 Å². The lowest BCUT2D eigenvalue weighted by molar-refractivity contribution is 0.0943. The number of carbonyl (C=O) groups excluding carboxylic acids is 1. The van der Waals surface area contributed by atoms with E-state index in [-0.39, 0.29) is 17.4 Å². The molecule has 1 aliphatic rings. The Kier molecular flexibility index (Phi) is 6.65. The van der Waals surface area contributed by atoms with Crippen LogP contribution in [-0.4, -0.2) is 47.4 Å². The maximum atomic E-state index is 12.9. The second-order valence-electron chi connectivity index (χ2n) is 6.42. The van der Waals surface area contributed by atoms with Gasteiger partial charge in [-0.05, 0) is 43.7 Å². The summed E-state index contributed by atoms with van der Waals surface area (Å²) in [6, 6.07) is 7.42. The molecular formula is C18H23FN4O2S. The van der Waals surface area contributed by atoms with Gasteiger partial charge in [-0.25, -0.2) is 4.39 Å². The maximum Gasteiger partial charge on any atom is 0.273 e. The third kappa shape index (κ3) is 5.06. The van der Waals surface area contributed by atoms with Gasteiger partial charge in [-0.15, -0.1) is 0 Å². The van der Waals surface area contributed by atoms with E-state index >= 15 is 0 Å². The van der Waals surface area contributed by atoms with E-state index in [0.29, 0.717) is 23.1 Å². The van der Waals surface area contributed by atoms with Gasteiger partial charge < -0.3 is 14.7 Å². The number of likely N-dealkylation sites (tertiary alicyclic amines) is 1. The zero-order chi connectivity index (χ0) is 18.4. The predicted molar refractivity (Wildman–Crippen MR) is 100 cm³/mol. The molecule has 0 atom stereocenters. The minimum Gasteiger partial charge on any atom is -0.355 e. The van der Waals surface area contributed by atoms with E-state index in [4.69, 9.17) is 9.66 Å². The van der Waals surface area contributed by atoms with Crippen LogP contribution in [0.5, 0.6) is 0 Å². The van der Waals surface area contributed by atoms with E-state index in [1.807, 2.05) is 0 Å². The maximum absolute atomic E-state index is 12.9. The van der Waals surface area contributed by atoms with Crippen LogP contribution in [0, 0.1) is 5.82 Å². The summed E-state index contributed by atoms with van der Waals surface area (Å²) in [5.74, 6) is -0.135. The first-order valence-corrected chi connectivity index (χ1v) is 9.69. The molecule has 0 aliphatic carbocycles. The van der Waals surface area contributed by atoms with Crippen molar-refractivity contribution >= 4 is 17.9 Å². The number of aromatic nitrogens is 1. The minimum atomic E-state index is -0.321. The topological polar surface area (TPSA) is 84.4 Å². The van der Waals surface area contributed by atoms with Crippen LogP contribution in [0.4, 0.5) is 4.39 Å². The number of rotatable bonds is 9. The molecule has 1 fully saturated rings. The van der Waals surface area contributed by atoms with Crippen molar-refractivity contribution in [1.82, 2.24) is 15.4 Å². The van der Waals surface area contributed by atoms with Gasteiger partial charge in [-0.3, -0.25) is 9.93 Å². The Morgan fingerprint density at radius 2 is 2.08 bits per heavy atom. The number of nitrogens with two attached hydrogens (primary N) is 1. The lowest BCUT2D eigenvalue weighted by Gasteiger charge is -2.37. The van der Waals surface area contributed by atoms with Crippen LogP contribution >= 0.6 is 11.9 Å². The molecule has 3 rings (SSSR count). The fourth-order valence-corrected chi connectivity index (χ4v) is 3.45. The van der Waals surface area contributed by atoms with Crippen LogP contribution in [0.15, 0.2) is 34.9 Å². The number of unbranched alkanes of at least 4 members (excludes halogenated alkanes) is 2. The molecular weight excluding hydrogens is 355 g/mol. The fraction of sp³-hybridized carbons (Fsp3) is 0.444. The quantitative estimate of drug-likeness (QED) is 0.516. The zero-order valence-electron chi connectivity index (χ0n) is 14.5. The molecule has 26 heavy (non-hydrogen) atoms. The van der Waals surface area contributed by atoms with Gasteiger partial charge in [0.1, 0.15) is 5.82 Å². The molecule has 0 saturated carbocycles. The standard InChI is InChI=1S/C18H23FN4O2S/c19-14-6-4-13(5-7-14)17-10-16(22-25-17)18(24)21-8-2-1-3-9-23-11-15(12-23)26-20/h4-7,10,15H,1-3,8-9,11-12,20H2,(H,21,24). The highest BCUT2D eigenvalue weighted by Crippen LogP contribution is 2.20. The second kappa shape index (κ2) is 9.16. The Morgan fingerprint density at radius 3 is 2.81 bits per heavy atom. The van der Waals surface area contributed by atoms with Crippen LogP contribution in [0.2, 0.25) is 0 Å². The minimum absolute atomic E-state index is 0.232. The first-order chi connectivity index (χ1) is 12.7. The van der Waals surface area contributed by atoms with Gasteiger partial charge in [0, 0.05) is 36.5 Å². The average molecular weight is 378 g/mol. The van der Waals surface area contributed by atoms with Crippen molar-refractivity contribution in [2.45, 2.75) is 24.5 Å². The summed E-state index contributed by atoms with van der Waals surface area (Å²) in [4.78, 5) is 14.5. The van der Waals surface area contributed by atoms with Gasteiger partial charge in [0.25, 0.3) is 5.91 Å². The van der Waals surface area contributed by atoms with Crippen LogP contribution in [0.1, 0.15) is 29.8 Å². The van der Waals surface area contributed by atoms with Gasteiger partial charge in [0.2, 0.25) is 0 Å². The summed E-state index contributed by atoms with van der Waals surface area (Å²) < 4.78 is 18.1.